The Kier molecular flexibility index (Phi) is 5.00. The van der Waals surface area contributed by atoms with E-state index in [9.17, 15) is 0 Å². The van der Waals surface area contributed by atoms with Crippen LogP contribution < -0.4 is 0 Å². The average Bonchev–Trinajstić information content (AvgIpc) is 2.80. The average molecular weight is 380 g/mol. The third kappa shape index (κ3) is 3.88. The molecular weight excluding hydrogens is 352 g/mol. The molecule has 0 radical (unpaired) electrons. The lowest BCUT2D eigenvalue weighted by atomic mass is 9.98. The molecule has 0 saturated carbocycles. The van der Waals surface area contributed by atoms with Crippen molar-refractivity contribution >= 4 is 11.9 Å². The maximum absolute atomic E-state index is 2.53. The van der Waals surface area contributed by atoms with Crippen molar-refractivity contribution in [3.8, 4) is 0 Å². The second kappa shape index (κ2) is 8.08. The minimum atomic E-state index is 0.980. The summed E-state index contributed by atoms with van der Waals surface area (Å²) in [7, 11) is 0. The van der Waals surface area contributed by atoms with Crippen LogP contribution in [0.2, 0.25) is 0 Å². The summed E-state index contributed by atoms with van der Waals surface area (Å²) in [4.78, 5) is 2.53. The zero-order valence-electron chi connectivity index (χ0n) is 16.8. The first-order valence-electron chi connectivity index (χ1n) is 10.6. The van der Waals surface area contributed by atoms with E-state index in [2.05, 4.69) is 101 Å². The monoisotopic (exact) mass is 379 g/mol. The molecule has 0 spiro atoms. The van der Waals surface area contributed by atoms with E-state index < -0.39 is 0 Å². The number of benzene rings is 3. The van der Waals surface area contributed by atoms with Gasteiger partial charge in [-0.3, -0.25) is 0 Å². The minimum Gasteiger partial charge on any atom is -0.366 e. The Morgan fingerprint density at radius 2 is 1.38 bits per heavy atom. The number of hydrogen-bond acceptors (Lipinski definition) is 1. The van der Waals surface area contributed by atoms with Crippen LogP contribution >= 0.6 is 0 Å². The molecule has 0 aromatic heterocycles. The van der Waals surface area contributed by atoms with E-state index in [-0.39, 0.29) is 0 Å². The van der Waals surface area contributed by atoms with Crippen molar-refractivity contribution in [3.05, 3.63) is 113 Å². The number of allylic oxidation sites excluding steroid dienone is 1. The molecule has 0 N–H and O–H groups in total. The second-order valence-corrected chi connectivity index (χ2v) is 8.00. The Balaban J connectivity index is 1.46. The molecule has 5 rings (SSSR count). The van der Waals surface area contributed by atoms with E-state index in [1.807, 2.05) is 0 Å². The maximum Gasteiger partial charge on any atom is 0.168 e. The third-order valence-corrected chi connectivity index (χ3v) is 6.14. The molecule has 144 valence electrons. The topological polar surface area (TPSA) is 6.25 Å². The quantitative estimate of drug-likeness (QED) is 0.585. The summed E-state index contributed by atoms with van der Waals surface area (Å²) < 4.78 is 2.45. The normalized spacial score (nSPS) is 17.7. The summed E-state index contributed by atoms with van der Waals surface area (Å²) >= 11 is 0. The molecule has 0 fully saturated rings. The van der Waals surface area contributed by atoms with Gasteiger partial charge in [0, 0.05) is 31.1 Å². The van der Waals surface area contributed by atoms with Gasteiger partial charge in [0.25, 0.3) is 0 Å². The fraction of sp³-hybridized carbons (Fsp3) is 0.222. The summed E-state index contributed by atoms with van der Waals surface area (Å²) in [5.41, 5.74) is 8.51. The van der Waals surface area contributed by atoms with Gasteiger partial charge in [0.2, 0.25) is 0 Å². The van der Waals surface area contributed by atoms with E-state index in [1.165, 1.54) is 33.5 Å². The van der Waals surface area contributed by atoms with Crippen molar-refractivity contribution in [3.63, 3.8) is 0 Å². The van der Waals surface area contributed by atoms with Crippen molar-refractivity contribution < 1.29 is 4.58 Å². The molecule has 3 aromatic carbocycles. The highest BCUT2D eigenvalue weighted by Crippen LogP contribution is 2.27. The summed E-state index contributed by atoms with van der Waals surface area (Å²) in [6.07, 6.45) is 6.87. The second-order valence-electron chi connectivity index (χ2n) is 8.00. The zero-order chi connectivity index (χ0) is 19.5. The van der Waals surface area contributed by atoms with E-state index in [1.54, 1.807) is 0 Å². The lowest BCUT2D eigenvalue weighted by Gasteiger charge is -2.32. The molecule has 0 bridgehead atoms. The smallest absolute Gasteiger partial charge is 0.168 e. The van der Waals surface area contributed by atoms with E-state index in [0.717, 1.165) is 39.0 Å². The maximum atomic E-state index is 2.53. The molecule has 0 amide bonds. The Morgan fingerprint density at radius 1 is 0.724 bits per heavy atom. The fourth-order valence-corrected chi connectivity index (χ4v) is 4.52. The highest BCUT2D eigenvalue weighted by Gasteiger charge is 2.20. The van der Waals surface area contributed by atoms with Crippen LogP contribution in [-0.2, 0) is 25.9 Å². The van der Waals surface area contributed by atoms with Crippen molar-refractivity contribution in [2.75, 3.05) is 13.1 Å². The van der Waals surface area contributed by atoms with Crippen LogP contribution in [-0.4, -0.2) is 28.8 Å². The van der Waals surface area contributed by atoms with Crippen LogP contribution in [0.5, 0.6) is 0 Å². The molecule has 2 aliphatic heterocycles. The molecule has 0 aliphatic carbocycles. The molecule has 0 unspecified atom stereocenters. The van der Waals surface area contributed by atoms with Gasteiger partial charge in [-0.15, -0.1) is 0 Å². The van der Waals surface area contributed by atoms with Crippen LogP contribution in [0.4, 0.5) is 0 Å². The molecule has 3 aromatic rings. The van der Waals surface area contributed by atoms with Gasteiger partial charge in [-0.1, -0.05) is 78.9 Å². The van der Waals surface area contributed by atoms with Gasteiger partial charge in [-0.2, -0.15) is 0 Å². The Hall–Kier alpha value is -3.13. The summed E-state index contributed by atoms with van der Waals surface area (Å²) in [5.74, 6) is 0. The summed E-state index contributed by atoms with van der Waals surface area (Å²) in [6, 6.07) is 28.5. The third-order valence-electron chi connectivity index (χ3n) is 6.14. The van der Waals surface area contributed by atoms with Crippen LogP contribution in [0.15, 0.2) is 84.9 Å². The van der Waals surface area contributed by atoms with E-state index in [0.29, 0.717) is 0 Å². The standard InChI is InChI=1S/C27H27N2/c1-2-10-24(11-3-1)27(29-19-15-23-9-5-7-13-26(23)21-29)16-18-28-17-14-22-8-4-6-12-25(22)20-28/h1-13,16,18H,14-15,17,19-21H2/q+1. The predicted molar refractivity (Wildman–Crippen MR) is 120 cm³/mol. The van der Waals surface area contributed by atoms with Crippen LogP contribution in [0.3, 0.4) is 0 Å². The lowest BCUT2D eigenvalue weighted by molar-refractivity contribution is -0.542. The SMILES string of the molecule is C(/C=C(/c1ccccc1)N1CCc2ccccc2C1)=[N+]1CCc2ccccc2C1. The number of rotatable bonds is 3. The molecule has 29 heavy (non-hydrogen) atoms. The van der Waals surface area contributed by atoms with Gasteiger partial charge in [-0.05, 0) is 28.7 Å². The number of fused-ring (bicyclic) bond motifs is 2. The molecule has 2 heteroatoms. The van der Waals surface area contributed by atoms with Gasteiger partial charge in [0.1, 0.15) is 6.54 Å². The summed E-state index contributed by atoms with van der Waals surface area (Å²) in [6.45, 7) is 4.12. The molecule has 0 atom stereocenters. The molecule has 2 nitrogen and oxygen atoms in total. The largest absolute Gasteiger partial charge is 0.366 e. The Bertz CT molecular complexity index is 1060. The van der Waals surface area contributed by atoms with Crippen molar-refractivity contribution in [1.82, 2.24) is 4.90 Å². The molecule has 0 saturated heterocycles. The van der Waals surface area contributed by atoms with Crippen LogP contribution in [0.1, 0.15) is 27.8 Å². The van der Waals surface area contributed by atoms with Gasteiger partial charge >= 0.3 is 0 Å². The van der Waals surface area contributed by atoms with Crippen LogP contribution in [0.25, 0.3) is 5.70 Å². The van der Waals surface area contributed by atoms with E-state index >= 15 is 0 Å². The first kappa shape index (κ1) is 17.9. The van der Waals surface area contributed by atoms with Gasteiger partial charge in [0.05, 0.1) is 5.70 Å². The highest BCUT2D eigenvalue weighted by atomic mass is 15.1. The number of hydrogen-bond donors (Lipinski definition) is 0. The molecule has 2 heterocycles. The van der Waals surface area contributed by atoms with Crippen LogP contribution in [0, 0.1) is 0 Å². The van der Waals surface area contributed by atoms with Crippen molar-refractivity contribution in [2.45, 2.75) is 25.9 Å². The van der Waals surface area contributed by atoms with E-state index in [4.69, 9.17) is 0 Å². The summed E-state index contributed by atoms with van der Waals surface area (Å²) in [5, 5.41) is 0. The molecular formula is C27H27N2+. The van der Waals surface area contributed by atoms with Gasteiger partial charge in [0.15, 0.2) is 12.8 Å². The zero-order valence-corrected chi connectivity index (χ0v) is 16.8. The Morgan fingerprint density at radius 3 is 2.17 bits per heavy atom. The predicted octanol–water partition coefficient (Wildman–Crippen LogP) is 4.93. The fourth-order valence-electron chi connectivity index (χ4n) is 4.52. The minimum absolute atomic E-state index is 0.980. The first-order valence-corrected chi connectivity index (χ1v) is 10.6. The van der Waals surface area contributed by atoms with Gasteiger partial charge < -0.3 is 4.90 Å². The highest BCUT2D eigenvalue weighted by molar-refractivity contribution is 5.81. The lowest BCUT2D eigenvalue weighted by Crippen LogP contribution is -2.29. The van der Waals surface area contributed by atoms with Gasteiger partial charge in [-0.25, -0.2) is 4.58 Å². The first-order chi connectivity index (χ1) is 14.4. The Labute approximate surface area is 173 Å². The molecule has 2 aliphatic rings. The number of nitrogens with zero attached hydrogens (tertiary/aromatic N) is 2. The van der Waals surface area contributed by atoms with Crippen molar-refractivity contribution in [1.29, 1.82) is 0 Å². The van der Waals surface area contributed by atoms with Crippen molar-refractivity contribution in [2.24, 2.45) is 0 Å².